The topological polar surface area (TPSA) is 57.9 Å². The van der Waals surface area contributed by atoms with E-state index in [1.165, 1.54) is 0 Å². The third-order valence-corrected chi connectivity index (χ3v) is 8.83. The molecular formula is C30H35ClFN3O3. The quantitative estimate of drug-likeness (QED) is 0.444. The molecule has 1 aromatic heterocycles. The zero-order chi connectivity index (χ0) is 26.2. The van der Waals surface area contributed by atoms with Crippen molar-refractivity contribution in [3.63, 3.8) is 0 Å². The lowest BCUT2D eigenvalue weighted by atomic mass is 9.80. The van der Waals surface area contributed by atoms with Gasteiger partial charge < -0.3 is 14.4 Å². The van der Waals surface area contributed by atoms with Gasteiger partial charge in [0.15, 0.2) is 0 Å². The third kappa shape index (κ3) is 4.97. The predicted molar refractivity (Wildman–Crippen MR) is 148 cm³/mol. The first-order chi connectivity index (χ1) is 18.5. The lowest BCUT2D eigenvalue weighted by Crippen LogP contribution is -2.42. The Labute approximate surface area is 227 Å². The highest BCUT2D eigenvalue weighted by Gasteiger charge is 2.34. The summed E-state index contributed by atoms with van der Waals surface area (Å²) in [6, 6.07) is 11.4. The molecule has 0 radical (unpaired) electrons. The van der Waals surface area contributed by atoms with Crippen LogP contribution in [0.1, 0.15) is 53.1 Å². The molecule has 1 aliphatic carbocycles. The van der Waals surface area contributed by atoms with Crippen molar-refractivity contribution in [2.75, 3.05) is 45.9 Å². The molecule has 0 bridgehead atoms. The Kier molecular flexibility index (Phi) is 7.45. The van der Waals surface area contributed by atoms with Gasteiger partial charge in [-0.3, -0.25) is 9.80 Å². The number of aromatic carboxylic acids is 1. The number of carboxylic acid groups (broad SMARTS) is 1. The van der Waals surface area contributed by atoms with Crippen LogP contribution in [0.15, 0.2) is 36.4 Å². The van der Waals surface area contributed by atoms with E-state index >= 15 is 4.39 Å². The second-order valence-corrected chi connectivity index (χ2v) is 11.3. The number of benzene rings is 2. The van der Waals surface area contributed by atoms with Crippen LogP contribution in [0.3, 0.4) is 0 Å². The highest BCUT2D eigenvalue weighted by atomic mass is 35.5. The highest BCUT2D eigenvalue weighted by Crippen LogP contribution is 2.46. The fourth-order valence-electron chi connectivity index (χ4n) is 6.60. The molecule has 1 N–H and O–H groups in total. The van der Waals surface area contributed by atoms with Gasteiger partial charge >= 0.3 is 5.97 Å². The van der Waals surface area contributed by atoms with Crippen molar-refractivity contribution >= 4 is 28.5 Å². The second kappa shape index (κ2) is 11.0. The summed E-state index contributed by atoms with van der Waals surface area (Å²) < 4.78 is 23.3. The van der Waals surface area contributed by atoms with E-state index in [4.69, 9.17) is 16.3 Å². The number of hydrogen-bond acceptors (Lipinski definition) is 4. The molecule has 202 valence electrons. The number of aromatic nitrogens is 1. The van der Waals surface area contributed by atoms with E-state index < -0.39 is 12.1 Å². The molecule has 2 atom stereocenters. The number of alkyl halides is 1. The Bertz CT molecular complexity index is 1340. The van der Waals surface area contributed by atoms with E-state index in [1.54, 1.807) is 12.1 Å². The molecule has 3 aromatic rings. The summed E-state index contributed by atoms with van der Waals surface area (Å²) in [4.78, 5) is 16.8. The summed E-state index contributed by atoms with van der Waals surface area (Å²) in [5.41, 5.74) is 5.42. The van der Waals surface area contributed by atoms with Crippen molar-refractivity contribution in [1.82, 2.24) is 14.4 Å². The van der Waals surface area contributed by atoms with E-state index in [9.17, 15) is 9.90 Å². The minimum Gasteiger partial charge on any atom is -0.478 e. The van der Waals surface area contributed by atoms with Crippen LogP contribution in [-0.2, 0) is 17.8 Å². The molecule has 1 saturated carbocycles. The van der Waals surface area contributed by atoms with Crippen LogP contribution in [0.5, 0.6) is 0 Å². The molecule has 8 heteroatoms. The maximum Gasteiger partial charge on any atom is 0.335 e. The summed E-state index contributed by atoms with van der Waals surface area (Å²) in [7, 11) is 0. The summed E-state index contributed by atoms with van der Waals surface area (Å²) >= 11 is 6.52. The largest absolute Gasteiger partial charge is 0.478 e. The Balaban J connectivity index is 1.47. The van der Waals surface area contributed by atoms with Gasteiger partial charge in [0.2, 0.25) is 0 Å². The molecule has 3 heterocycles. The van der Waals surface area contributed by atoms with Gasteiger partial charge in [-0.15, -0.1) is 0 Å². The first kappa shape index (κ1) is 25.8. The van der Waals surface area contributed by atoms with Crippen LogP contribution in [-0.4, -0.2) is 77.6 Å². The van der Waals surface area contributed by atoms with Crippen molar-refractivity contribution < 1.29 is 19.0 Å². The Morgan fingerprint density at radius 3 is 2.58 bits per heavy atom. The SMILES string of the molecule is O=C(O)c1ccc2c([C@H]3CCCC[C@@H]3F)c3n(c2c1)CCN(CCN1CCOCC1)Cc1cc(Cl)ccc1-3. The van der Waals surface area contributed by atoms with Gasteiger partial charge in [0.05, 0.1) is 24.5 Å². The number of fused-ring (bicyclic) bond motifs is 5. The molecule has 0 unspecified atom stereocenters. The highest BCUT2D eigenvalue weighted by molar-refractivity contribution is 6.30. The van der Waals surface area contributed by atoms with E-state index in [0.29, 0.717) is 18.0 Å². The van der Waals surface area contributed by atoms with Crippen molar-refractivity contribution in [3.05, 3.63) is 58.1 Å². The molecule has 6 rings (SSSR count). The molecule has 6 nitrogen and oxygen atoms in total. The van der Waals surface area contributed by atoms with Gasteiger partial charge in [-0.1, -0.05) is 36.6 Å². The zero-order valence-corrected chi connectivity index (χ0v) is 22.4. The Morgan fingerprint density at radius 2 is 1.79 bits per heavy atom. The average Bonchev–Trinajstić information content (AvgIpc) is 3.22. The number of nitrogens with zero attached hydrogens (tertiary/aromatic N) is 3. The molecular weight excluding hydrogens is 505 g/mol. The monoisotopic (exact) mass is 539 g/mol. The van der Waals surface area contributed by atoms with Crippen LogP contribution in [0.4, 0.5) is 4.39 Å². The third-order valence-electron chi connectivity index (χ3n) is 8.60. The summed E-state index contributed by atoms with van der Waals surface area (Å²) in [5, 5.41) is 11.4. The number of carbonyl (C=O) groups is 1. The molecule has 1 saturated heterocycles. The van der Waals surface area contributed by atoms with Crippen LogP contribution in [0, 0.1) is 0 Å². The smallest absolute Gasteiger partial charge is 0.335 e. The van der Waals surface area contributed by atoms with Gasteiger partial charge in [-0.05, 0) is 48.2 Å². The van der Waals surface area contributed by atoms with E-state index in [1.807, 2.05) is 18.2 Å². The molecule has 0 spiro atoms. The normalized spacial score (nSPS) is 23.0. The molecule has 2 aromatic carbocycles. The summed E-state index contributed by atoms with van der Waals surface area (Å²) in [5.74, 6) is -1.14. The van der Waals surface area contributed by atoms with Crippen LogP contribution >= 0.6 is 11.6 Å². The standard InChI is InChI=1S/C30H35ClFN3O3/c31-22-6-8-23-21(17-22)19-34(10-9-33-13-15-38-16-14-33)11-12-35-27-18-20(30(36)37)5-7-25(27)28(29(23)35)24-3-1-2-4-26(24)32/h5-8,17-18,24,26H,1-4,9-16,19H2,(H,36,37)/t24-,26-/m0/s1. The Morgan fingerprint density at radius 1 is 1.00 bits per heavy atom. The van der Waals surface area contributed by atoms with Crippen molar-refractivity contribution in [3.8, 4) is 11.3 Å². The number of hydrogen-bond donors (Lipinski definition) is 1. The number of carboxylic acids is 1. The first-order valence-electron chi connectivity index (χ1n) is 13.8. The predicted octanol–water partition coefficient (Wildman–Crippen LogP) is 5.80. The molecule has 3 aliphatic rings. The van der Waals surface area contributed by atoms with Gasteiger partial charge in [0.1, 0.15) is 6.17 Å². The van der Waals surface area contributed by atoms with Crippen molar-refractivity contribution in [2.45, 2.75) is 50.9 Å². The minimum atomic E-state index is -0.949. The summed E-state index contributed by atoms with van der Waals surface area (Å²) in [6.07, 6.45) is 2.41. The lowest BCUT2D eigenvalue weighted by molar-refractivity contribution is 0.0327. The number of morpholine rings is 1. The molecule has 2 aliphatic heterocycles. The maximum absolute atomic E-state index is 15.5. The van der Waals surface area contributed by atoms with E-state index in [2.05, 4.69) is 20.4 Å². The lowest BCUT2D eigenvalue weighted by Gasteiger charge is -2.33. The van der Waals surface area contributed by atoms with Crippen LogP contribution < -0.4 is 0 Å². The van der Waals surface area contributed by atoms with Crippen LogP contribution in [0.25, 0.3) is 22.2 Å². The minimum absolute atomic E-state index is 0.196. The van der Waals surface area contributed by atoms with Crippen LogP contribution in [0.2, 0.25) is 5.02 Å². The van der Waals surface area contributed by atoms with Gasteiger partial charge in [-0.25, -0.2) is 9.18 Å². The van der Waals surface area contributed by atoms with Gasteiger partial charge in [0.25, 0.3) is 0 Å². The Hall–Kier alpha value is -2.45. The average molecular weight is 540 g/mol. The first-order valence-corrected chi connectivity index (χ1v) is 14.2. The van der Waals surface area contributed by atoms with E-state index in [-0.39, 0.29) is 11.5 Å². The molecule has 38 heavy (non-hydrogen) atoms. The molecule has 0 amide bonds. The van der Waals surface area contributed by atoms with Gasteiger partial charge in [0, 0.05) is 73.2 Å². The number of halogens is 2. The fourth-order valence-corrected chi connectivity index (χ4v) is 6.80. The number of ether oxygens (including phenoxy) is 1. The second-order valence-electron chi connectivity index (χ2n) is 10.9. The summed E-state index contributed by atoms with van der Waals surface area (Å²) in [6.45, 7) is 7.65. The van der Waals surface area contributed by atoms with Crippen molar-refractivity contribution in [2.24, 2.45) is 0 Å². The maximum atomic E-state index is 15.5. The zero-order valence-electron chi connectivity index (χ0n) is 21.7. The number of rotatable bonds is 5. The van der Waals surface area contributed by atoms with E-state index in [0.717, 1.165) is 105 Å². The van der Waals surface area contributed by atoms with Gasteiger partial charge in [-0.2, -0.15) is 0 Å². The fraction of sp³-hybridized carbons (Fsp3) is 0.500. The van der Waals surface area contributed by atoms with Crippen molar-refractivity contribution in [1.29, 1.82) is 0 Å². The molecule has 2 fully saturated rings.